The Hall–Kier alpha value is -1.75. The molecule has 1 aliphatic rings. The number of carbonyl (C=O) groups is 1. The van der Waals surface area contributed by atoms with E-state index in [1.807, 2.05) is 11.1 Å². The molecular formula is C17H21N3OS. The van der Waals surface area contributed by atoms with Crippen LogP contribution in [0.3, 0.4) is 0 Å². The lowest BCUT2D eigenvalue weighted by molar-refractivity contribution is -0.131. The highest BCUT2D eigenvalue weighted by Gasteiger charge is 2.25. The topological polar surface area (TPSA) is 49.0 Å². The van der Waals surface area contributed by atoms with Crippen LogP contribution in [0.25, 0.3) is 0 Å². The van der Waals surface area contributed by atoms with E-state index < -0.39 is 0 Å². The Morgan fingerprint density at radius 3 is 2.91 bits per heavy atom. The monoisotopic (exact) mass is 315 g/mol. The lowest BCUT2D eigenvalue weighted by Crippen LogP contribution is -2.40. The van der Waals surface area contributed by atoms with Crippen molar-refractivity contribution in [3.63, 3.8) is 0 Å². The Labute approximate surface area is 135 Å². The summed E-state index contributed by atoms with van der Waals surface area (Å²) in [5, 5.41) is 0. The molecule has 0 bridgehead atoms. The van der Waals surface area contributed by atoms with Gasteiger partial charge in [-0.1, -0.05) is 12.1 Å². The predicted octanol–water partition coefficient (Wildman–Crippen LogP) is 3.08. The number of rotatable bonds is 4. The molecule has 0 aliphatic carbocycles. The average molecular weight is 315 g/mol. The van der Waals surface area contributed by atoms with Gasteiger partial charge >= 0.3 is 0 Å². The Kier molecular flexibility index (Phi) is 4.83. The van der Waals surface area contributed by atoms with Gasteiger partial charge in [-0.2, -0.15) is 0 Å². The maximum absolute atomic E-state index is 12.5. The number of nitrogens with zero attached hydrogens (tertiary/aromatic N) is 2. The number of imidazole rings is 1. The highest BCUT2D eigenvalue weighted by atomic mass is 32.2. The molecule has 3 rings (SSSR count). The van der Waals surface area contributed by atoms with Crippen molar-refractivity contribution < 1.29 is 4.79 Å². The summed E-state index contributed by atoms with van der Waals surface area (Å²) in [7, 11) is 0. The van der Waals surface area contributed by atoms with Crippen molar-refractivity contribution in [1.82, 2.24) is 14.9 Å². The third-order valence-electron chi connectivity index (χ3n) is 4.19. The first kappa shape index (κ1) is 15.2. The van der Waals surface area contributed by atoms with Crippen LogP contribution < -0.4 is 0 Å². The molecule has 0 saturated carbocycles. The van der Waals surface area contributed by atoms with Gasteiger partial charge in [0.05, 0.1) is 6.42 Å². The van der Waals surface area contributed by atoms with E-state index in [0.717, 1.165) is 37.3 Å². The maximum atomic E-state index is 12.5. The molecule has 1 atom stereocenters. The SMILES string of the molecule is CSc1ccc(CC(=O)N2CCCC(c3ncc[nH]3)C2)cc1. The third kappa shape index (κ3) is 3.53. The zero-order valence-corrected chi connectivity index (χ0v) is 13.6. The number of carbonyl (C=O) groups excluding carboxylic acids is 1. The number of thioether (sulfide) groups is 1. The number of benzene rings is 1. The van der Waals surface area contributed by atoms with Gasteiger partial charge in [0.2, 0.25) is 5.91 Å². The van der Waals surface area contributed by atoms with Gasteiger partial charge in [-0.05, 0) is 36.8 Å². The van der Waals surface area contributed by atoms with Crippen LogP contribution in [-0.4, -0.2) is 40.1 Å². The number of nitrogens with one attached hydrogen (secondary N) is 1. The lowest BCUT2D eigenvalue weighted by Gasteiger charge is -2.32. The molecule has 1 aliphatic heterocycles. The average Bonchev–Trinajstić information content (AvgIpc) is 3.10. The smallest absolute Gasteiger partial charge is 0.227 e. The molecule has 116 valence electrons. The van der Waals surface area contributed by atoms with Gasteiger partial charge in [-0.3, -0.25) is 4.79 Å². The van der Waals surface area contributed by atoms with Gasteiger partial charge < -0.3 is 9.88 Å². The lowest BCUT2D eigenvalue weighted by atomic mass is 9.97. The molecule has 2 heterocycles. The fourth-order valence-electron chi connectivity index (χ4n) is 2.96. The first-order valence-electron chi connectivity index (χ1n) is 7.66. The number of piperidine rings is 1. The third-order valence-corrected chi connectivity index (χ3v) is 4.94. The fourth-order valence-corrected chi connectivity index (χ4v) is 3.37. The number of H-pyrrole nitrogens is 1. The summed E-state index contributed by atoms with van der Waals surface area (Å²) in [6, 6.07) is 8.26. The van der Waals surface area contributed by atoms with Crippen LogP contribution in [0.15, 0.2) is 41.6 Å². The zero-order chi connectivity index (χ0) is 15.4. The molecule has 4 nitrogen and oxygen atoms in total. The minimum atomic E-state index is 0.216. The van der Waals surface area contributed by atoms with Crippen LogP contribution in [0.5, 0.6) is 0 Å². The van der Waals surface area contributed by atoms with Gasteiger partial charge in [-0.25, -0.2) is 4.98 Å². The highest BCUT2D eigenvalue weighted by molar-refractivity contribution is 7.98. The molecule has 0 radical (unpaired) electrons. The molecule has 1 aromatic carbocycles. The summed E-state index contributed by atoms with van der Waals surface area (Å²) in [4.78, 5) is 23.3. The quantitative estimate of drug-likeness (QED) is 0.882. The van der Waals surface area contributed by atoms with Crippen LogP contribution >= 0.6 is 11.8 Å². The first-order valence-corrected chi connectivity index (χ1v) is 8.88. The Morgan fingerprint density at radius 2 is 2.23 bits per heavy atom. The number of aromatic amines is 1. The van der Waals surface area contributed by atoms with Crippen molar-refractivity contribution >= 4 is 17.7 Å². The summed E-state index contributed by atoms with van der Waals surface area (Å²) in [5.41, 5.74) is 1.09. The van der Waals surface area contributed by atoms with Gasteiger partial charge in [0.15, 0.2) is 0 Å². The van der Waals surface area contributed by atoms with E-state index in [9.17, 15) is 4.79 Å². The Balaban J connectivity index is 1.61. The van der Waals surface area contributed by atoms with Gasteiger partial charge in [0, 0.05) is 36.3 Å². The molecule has 1 saturated heterocycles. The normalized spacial score (nSPS) is 18.4. The zero-order valence-electron chi connectivity index (χ0n) is 12.8. The number of hydrogen-bond donors (Lipinski definition) is 1. The van der Waals surface area contributed by atoms with Crippen molar-refractivity contribution in [2.24, 2.45) is 0 Å². The second-order valence-electron chi connectivity index (χ2n) is 5.68. The number of amides is 1. The second-order valence-corrected chi connectivity index (χ2v) is 6.56. The minimum Gasteiger partial charge on any atom is -0.348 e. The standard InChI is InChI=1S/C17H21N3OS/c1-22-15-6-4-13(5-7-15)11-16(21)20-10-2-3-14(12-20)17-18-8-9-19-17/h4-9,14H,2-3,10-12H2,1H3,(H,18,19). The largest absolute Gasteiger partial charge is 0.348 e. The summed E-state index contributed by atoms with van der Waals surface area (Å²) >= 11 is 1.72. The van der Waals surface area contributed by atoms with E-state index in [4.69, 9.17) is 0 Å². The van der Waals surface area contributed by atoms with E-state index in [1.54, 1.807) is 18.0 Å². The van der Waals surface area contributed by atoms with E-state index in [-0.39, 0.29) is 5.91 Å². The number of likely N-dealkylation sites (tertiary alicyclic amines) is 1. The number of hydrogen-bond acceptors (Lipinski definition) is 3. The number of aromatic nitrogens is 2. The van der Waals surface area contributed by atoms with Crippen molar-refractivity contribution in [2.45, 2.75) is 30.1 Å². The van der Waals surface area contributed by atoms with Crippen molar-refractivity contribution in [3.05, 3.63) is 48.0 Å². The molecule has 1 N–H and O–H groups in total. The van der Waals surface area contributed by atoms with Crippen molar-refractivity contribution in [3.8, 4) is 0 Å². The Bertz CT molecular complexity index is 609. The molecular weight excluding hydrogens is 294 g/mol. The van der Waals surface area contributed by atoms with Gasteiger partial charge in [0.25, 0.3) is 0 Å². The molecule has 5 heteroatoms. The van der Waals surface area contributed by atoms with E-state index in [0.29, 0.717) is 12.3 Å². The summed E-state index contributed by atoms with van der Waals surface area (Å²) in [6.07, 6.45) is 8.32. The highest BCUT2D eigenvalue weighted by Crippen LogP contribution is 2.25. The van der Waals surface area contributed by atoms with Gasteiger partial charge in [0.1, 0.15) is 5.82 Å². The summed E-state index contributed by atoms with van der Waals surface area (Å²) in [6.45, 7) is 1.63. The molecule has 22 heavy (non-hydrogen) atoms. The van der Waals surface area contributed by atoms with Crippen LogP contribution in [0.2, 0.25) is 0 Å². The second kappa shape index (κ2) is 7.01. The predicted molar refractivity (Wildman–Crippen MR) is 89.1 cm³/mol. The van der Waals surface area contributed by atoms with Gasteiger partial charge in [-0.15, -0.1) is 11.8 Å². The molecule has 1 fully saturated rings. The van der Waals surface area contributed by atoms with Crippen LogP contribution in [-0.2, 0) is 11.2 Å². The molecule has 1 amide bonds. The van der Waals surface area contributed by atoms with Crippen molar-refractivity contribution in [2.75, 3.05) is 19.3 Å². The Morgan fingerprint density at radius 1 is 1.41 bits per heavy atom. The van der Waals surface area contributed by atoms with Crippen LogP contribution in [0.4, 0.5) is 0 Å². The first-order chi connectivity index (χ1) is 10.8. The molecule has 2 aromatic rings. The fraction of sp³-hybridized carbons (Fsp3) is 0.412. The molecule has 0 spiro atoms. The van der Waals surface area contributed by atoms with Crippen LogP contribution in [0.1, 0.15) is 30.1 Å². The van der Waals surface area contributed by atoms with E-state index in [2.05, 4.69) is 40.5 Å². The molecule has 1 unspecified atom stereocenters. The van der Waals surface area contributed by atoms with E-state index >= 15 is 0 Å². The maximum Gasteiger partial charge on any atom is 0.227 e. The summed E-state index contributed by atoms with van der Waals surface area (Å²) in [5.74, 6) is 1.56. The van der Waals surface area contributed by atoms with E-state index in [1.165, 1.54) is 4.90 Å². The van der Waals surface area contributed by atoms with Crippen LogP contribution in [0, 0.1) is 0 Å². The van der Waals surface area contributed by atoms with Crippen molar-refractivity contribution in [1.29, 1.82) is 0 Å². The minimum absolute atomic E-state index is 0.216. The molecule has 1 aromatic heterocycles. The summed E-state index contributed by atoms with van der Waals surface area (Å²) < 4.78 is 0.